The van der Waals surface area contributed by atoms with Gasteiger partial charge in [-0.1, -0.05) is 41.9 Å². The van der Waals surface area contributed by atoms with E-state index in [4.69, 9.17) is 16.3 Å². The molecule has 0 bridgehead atoms. The fourth-order valence-corrected chi connectivity index (χ4v) is 3.34. The Morgan fingerprint density at radius 1 is 1.17 bits per heavy atom. The summed E-state index contributed by atoms with van der Waals surface area (Å²) in [6, 6.07) is 17.0. The quantitative estimate of drug-likeness (QED) is 0.871. The number of nitrogens with one attached hydrogen (secondary N) is 2. The van der Waals surface area contributed by atoms with E-state index in [9.17, 15) is 0 Å². The smallest absolute Gasteiger partial charge is 0.123 e. The topological polar surface area (TPSA) is 33.3 Å². The Bertz CT molecular complexity index is 630. The highest BCUT2D eigenvalue weighted by molar-refractivity contribution is 6.30. The zero-order valence-corrected chi connectivity index (χ0v) is 14.1. The first-order valence-corrected chi connectivity index (χ1v) is 8.50. The van der Waals surface area contributed by atoms with Crippen molar-refractivity contribution in [2.45, 2.75) is 31.5 Å². The number of methoxy groups -OCH3 is 1. The summed E-state index contributed by atoms with van der Waals surface area (Å²) in [6.07, 6.45) is 2.35. The Balaban J connectivity index is 1.70. The lowest BCUT2D eigenvalue weighted by atomic mass is 9.92. The average Bonchev–Trinajstić information content (AvgIpc) is 2.61. The zero-order valence-electron chi connectivity index (χ0n) is 13.4. The molecular formula is C19H23ClN2O. The van der Waals surface area contributed by atoms with Crippen LogP contribution >= 0.6 is 11.6 Å². The van der Waals surface area contributed by atoms with Crippen molar-refractivity contribution < 1.29 is 4.74 Å². The zero-order chi connectivity index (χ0) is 16.1. The van der Waals surface area contributed by atoms with E-state index >= 15 is 0 Å². The molecule has 2 atom stereocenters. The number of rotatable bonds is 5. The van der Waals surface area contributed by atoms with Crippen LogP contribution < -0.4 is 15.4 Å². The van der Waals surface area contributed by atoms with Gasteiger partial charge in [0.2, 0.25) is 0 Å². The lowest BCUT2D eigenvalue weighted by molar-refractivity contribution is 0.303. The minimum absolute atomic E-state index is 0.315. The molecule has 0 radical (unpaired) electrons. The number of hydrogen-bond donors (Lipinski definition) is 2. The highest BCUT2D eigenvalue weighted by Gasteiger charge is 2.25. The highest BCUT2D eigenvalue weighted by atomic mass is 35.5. The van der Waals surface area contributed by atoms with Crippen LogP contribution in [0, 0.1) is 0 Å². The van der Waals surface area contributed by atoms with Gasteiger partial charge < -0.3 is 15.4 Å². The second kappa shape index (κ2) is 7.82. The minimum atomic E-state index is 0.315. The Kier molecular flexibility index (Phi) is 5.55. The molecule has 23 heavy (non-hydrogen) atoms. The molecule has 1 aliphatic heterocycles. The fourth-order valence-electron chi connectivity index (χ4n) is 3.22. The number of ether oxygens (including phenoxy) is 1. The molecule has 4 heteroatoms. The van der Waals surface area contributed by atoms with Gasteiger partial charge in [-0.05, 0) is 43.1 Å². The highest BCUT2D eigenvalue weighted by Crippen LogP contribution is 2.26. The van der Waals surface area contributed by atoms with Gasteiger partial charge in [-0.15, -0.1) is 0 Å². The van der Waals surface area contributed by atoms with Crippen molar-refractivity contribution in [2.24, 2.45) is 0 Å². The third kappa shape index (κ3) is 4.05. The van der Waals surface area contributed by atoms with Crippen LogP contribution in [0.4, 0.5) is 0 Å². The van der Waals surface area contributed by atoms with Crippen molar-refractivity contribution >= 4 is 11.6 Å². The SMILES string of the molecule is COc1ccccc1CNC1CCCNC1c1ccc(Cl)cc1. The Labute approximate surface area is 143 Å². The van der Waals surface area contributed by atoms with E-state index in [0.29, 0.717) is 12.1 Å². The van der Waals surface area contributed by atoms with E-state index in [1.807, 2.05) is 24.3 Å². The molecule has 1 saturated heterocycles. The van der Waals surface area contributed by atoms with E-state index < -0.39 is 0 Å². The van der Waals surface area contributed by atoms with E-state index in [2.05, 4.69) is 34.9 Å². The van der Waals surface area contributed by atoms with Crippen molar-refractivity contribution in [3.63, 3.8) is 0 Å². The molecule has 0 aliphatic carbocycles. The van der Waals surface area contributed by atoms with Crippen LogP contribution in [-0.2, 0) is 6.54 Å². The van der Waals surface area contributed by atoms with Crippen LogP contribution in [0.25, 0.3) is 0 Å². The third-order valence-corrected chi connectivity index (χ3v) is 4.69. The monoisotopic (exact) mass is 330 g/mol. The van der Waals surface area contributed by atoms with Gasteiger partial charge in [-0.3, -0.25) is 0 Å². The van der Waals surface area contributed by atoms with Crippen LogP contribution in [0.5, 0.6) is 5.75 Å². The third-order valence-electron chi connectivity index (χ3n) is 4.43. The molecule has 3 nitrogen and oxygen atoms in total. The molecule has 1 heterocycles. The van der Waals surface area contributed by atoms with Gasteiger partial charge in [0.25, 0.3) is 0 Å². The largest absolute Gasteiger partial charge is 0.496 e. The van der Waals surface area contributed by atoms with Gasteiger partial charge in [-0.25, -0.2) is 0 Å². The van der Waals surface area contributed by atoms with E-state index in [0.717, 1.165) is 30.3 Å². The molecule has 0 saturated carbocycles. The molecule has 1 fully saturated rings. The second-order valence-corrected chi connectivity index (χ2v) is 6.36. The van der Waals surface area contributed by atoms with Crippen LogP contribution in [-0.4, -0.2) is 19.7 Å². The van der Waals surface area contributed by atoms with Crippen molar-refractivity contribution in [3.8, 4) is 5.75 Å². The molecule has 0 amide bonds. The number of benzene rings is 2. The Morgan fingerprint density at radius 2 is 1.96 bits per heavy atom. The van der Waals surface area contributed by atoms with Gasteiger partial charge in [0, 0.05) is 29.2 Å². The first kappa shape index (κ1) is 16.3. The Morgan fingerprint density at radius 3 is 2.74 bits per heavy atom. The molecule has 2 aromatic carbocycles. The standard InChI is InChI=1S/C19H23ClN2O/c1-23-18-7-3-2-5-15(18)13-22-17-6-4-12-21-19(17)14-8-10-16(20)11-9-14/h2-3,5,7-11,17,19,21-22H,4,6,12-13H2,1H3. The number of para-hydroxylation sites is 1. The summed E-state index contributed by atoms with van der Waals surface area (Å²) in [6.45, 7) is 1.86. The van der Waals surface area contributed by atoms with Gasteiger partial charge in [0.05, 0.1) is 7.11 Å². The van der Waals surface area contributed by atoms with Gasteiger partial charge in [-0.2, -0.15) is 0 Å². The predicted molar refractivity (Wildman–Crippen MR) is 95.1 cm³/mol. The summed E-state index contributed by atoms with van der Waals surface area (Å²) < 4.78 is 5.44. The summed E-state index contributed by atoms with van der Waals surface area (Å²) in [5, 5.41) is 8.11. The molecular weight excluding hydrogens is 308 g/mol. The van der Waals surface area contributed by atoms with E-state index in [1.165, 1.54) is 17.5 Å². The van der Waals surface area contributed by atoms with Crippen LogP contribution in [0.1, 0.15) is 30.0 Å². The predicted octanol–water partition coefficient (Wildman–Crippen LogP) is 3.93. The lowest BCUT2D eigenvalue weighted by Gasteiger charge is -2.34. The van der Waals surface area contributed by atoms with Crippen molar-refractivity contribution in [3.05, 3.63) is 64.7 Å². The minimum Gasteiger partial charge on any atom is -0.496 e. The molecule has 0 aromatic heterocycles. The first-order valence-electron chi connectivity index (χ1n) is 8.12. The maximum atomic E-state index is 6.01. The second-order valence-electron chi connectivity index (χ2n) is 5.92. The molecule has 2 aromatic rings. The van der Waals surface area contributed by atoms with E-state index in [1.54, 1.807) is 7.11 Å². The van der Waals surface area contributed by atoms with Crippen LogP contribution in [0.3, 0.4) is 0 Å². The maximum Gasteiger partial charge on any atom is 0.123 e. The fraction of sp³-hybridized carbons (Fsp3) is 0.368. The van der Waals surface area contributed by atoms with Crippen molar-refractivity contribution in [1.29, 1.82) is 0 Å². The van der Waals surface area contributed by atoms with Crippen molar-refractivity contribution in [1.82, 2.24) is 10.6 Å². The Hall–Kier alpha value is -1.55. The summed E-state index contributed by atoms with van der Waals surface area (Å²) in [5.41, 5.74) is 2.47. The normalized spacial score (nSPS) is 21.1. The van der Waals surface area contributed by atoms with E-state index in [-0.39, 0.29) is 0 Å². The summed E-state index contributed by atoms with van der Waals surface area (Å²) in [5.74, 6) is 0.937. The molecule has 0 spiro atoms. The molecule has 3 rings (SSSR count). The van der Waals surface area contributed by atoms with Gasteiger partial charge in [0.15, 0.2) is 0 Å². The summed E-state index contributed by atoms with van der Waals surface area (Å²) >= 11 is 6.01. The summed E-state index contributed by atoms with van der Waals surface area (Å²) in [4.78, 5) is 0. The van der Waals surface area contributed by atoms with Crippen LogP contribution in [0.2, 0.25) is 5.02 Å². The van der Waals surface area contributed by atoms with Crippen LogP contribution in [0.15, 0.2) is 48.5 Å². The number of hydrogen-bond acceptors (Lipinski definition) is 3. The van der Waals surface area contributed by atoms with Gasteiger partial charge in [0.1, 0.15) is 5.75 Å². The first-order chi connectivity index (χ1) is 11.3. The molecule has 122 valence electrons. The average molecular weight is 331 g/mol. The molecule has 1 aliphatic rings. The lowest BCUT2D eigenvalue weighted by Crippen LogP contribution is -2.45. The molecule has 2 N–H and O–H groups in total. The summed E-state index contributed by atoms with van der Waals surface area (Å²) in [7, 11) is 1.72. The molecule has 2 unspecified atom stereocenters. The number of piperidine rings is 1. The number of halogens is 1. The van der Waals surface area contributed by atoms with Crippen molar-refractivity contribution in [2.75, 3.05) is 13.7 Å². The van der Waals surface area contributed by atoms with Gasteiger partial charge >= 0.3 is 0 Å². The maximum absolute atomic E-state index is 6.01.